The molecule has 0 aliphatic heterocycles. The minimum absolute atomic E-state index is 0.475. The molecule has 0 radical (unpaired) electrons. The zero-order valence-electron chi connectivity index (χ0n) is 33.7. The van der Waals surface area contributed by atoms with E-state index in [9.17, 15) is 0 Å². The molecule has 2 atom stereocenters. The number of hydrogen-bond donors (Lipinski definition) is 0. The molecule has 0 saturated carbocycles. The Kier molecular flexibility index (Phi) is 7.44. The summed E-state index contributed by atoms with van der Waals surface area (Å²) >= 11 is 0. The number of benzene rings is 9. The van der Waals surface area contributed by atoms with Crippen molar-refractivity contribution in [2.24, 2.45) is 0 Å². The van der Waals surface area contributed by atoms with Crippen LogP contribution in [0.15, 0.2) is 224 Å². The molecule has 13 rings (SSSR count). The molecule has 2 unspecified atom stereocenters. The summed E-state index contributed by atoms with van der Waals surface area (Å²) in [7, 11) is 0. The van der Waals surface area contributed by atoms with Crippen molar-refractivity contribution in [3.8, 4) is 67.5 Å². The number of rotatable bonds is 5. The van der Waals surface area contributed by atoms with Crippen molar-refractivity contribution < 1.29 is 0 Å². The van der Waals surface area contributed by atoms with Crippen LogP contribution in [0, 0.1) is 0 Å². The Morgan fingerprint density at radius 2 is 0.677 bits per heavy atom. The van der Waals surface area contributed by atoms with Gasteiger partial charge < -0.3 is 0 Å². The third-order valence-electron chi connectivity index (χ3n) is 13.6. The first kappa shape index (κ1) is 34.8. The summed E-state index contributed by atoms with van der Waals surface area (Å²) in [6.45, 7) is 0. The Balaban J connectivity index is 1.06. The van der Waals surface area contributed by atoms with Gasteiger partial charge in [-0.2, -0.15) is 0 Å². The minimum atomic E-state index is -0.564. The van der Waals surface area contributed by atoms with Gasteiger partial charge in [-0.3, -0.25) is 0 Å². The second kappa shape index (κ2) is 13.2. The minimum Gasteiger partial charge on any atom is -0.208 e. The highest BCUT2D eigenvalue weighted by Crippen LogP contribution is 2.69. The first-order chi connectivity index (χ1) is 30.8. The fourth-order valence-electron chi connectivity index (χ4n) is 11.3. The normalized spacial score (nSPS) is 17.2. The van der Waals surface area contributed by atoms with E-state index in [4.69, 9.17) is 15.0 Å². The van der Waals surface area contributed by atoms with E-state index in [1.165, 1.54) is 72.3 Å². The number of fused-ring (bicyclic) bond motifs is 12. The maximum atomic E-state index is 5.11. The molecule has 10 aromatic rings. The van der Waals surface area contributed by atoms with Crippen molar-refractivity contribution in [3.63, 3.8) is 0 Å². The maximum absolute atomic E-state index is 5.11. The van der Waals surface area contributed by atoms with Crippen LogP contribution < -0.4 is 0 Å². The van der Waals surface area contributed by atoms with Crippen LogP contribution in [0.5, 0.6) is 0 Å². The van der Waals surface area contributed by atoms with Gasteiger partial charge in [-0.25, -0.2) is 15.0 Å². The zero-order chi connectivity index (χ0) is 40.8. The van der Waals surface area contributed by atoms with Gasteiger partial charge in [0.15, 0.2) is 17.5 Å². The van der Waals surface area contributed by atoms with Crippen LogP contribution in [0.1, 0.15) is 44.5 Å². The van der Waals surface area contributed by atoms with E-state index in [2.05, 4.69) is 188 Å². The average molecular weight is 788 g/mol. The molecule has 0 fully saturated rings. The Hall–Kier alpha value is -8.01. The van der Waals surface area contributed by atoms with Crippen LogP contribution in [0.3, 0.4) is 0 Å². The highest BCUT2D eigenvalue weighted by Gasteiger charge is 2.59. The molecule has 288 valence electrons. The van der Waals surface area contributed by atoms with E-state index in [-0.39, 0.29) is 0 Å². The molecule has 3 nitrogen and oxygen atoms in total. The second-order valence-electron chi connectivity index (χ2n) is 16.6. The lowest BCUT2D eigenvalue weighted by Crippen LogP contribution is -2.43. The number of hydrogen-bond acceptors (Lipinski definition) is 3. The van der Waals surface area contributed by atoms with E-state index in [0.717, 1.165) is 22.3 Å². The van der Waals surface area contributed by atoms with Crippen LogP contribution in [0.4, 0.5) is 0 Å². The molecular weight excluding hydrogens is 751 g/mol. The molecule has 0 saturated heterocycles. The highest BCUT2D eigenvalue weighted by atomic mass is 15.0. The summed E-state index contributed by atoms with van der Waals surface area (Å²) in [6.07, 6.45) is 0. The number of aromatic nitrogens is 3. The van der Waals surface area contributed by atoms with E-state index in [0.29, 0.717) is 17.5 Å². The summed E-state index contributed by atoms with van der Waals surface area (Å²) in [6, 6.07) is 81.8. The molecule has 3 aliphatic rings. The predicted molar refractivity (Wildman–Crippen MR) is 250 cm³/mol. The second-order valence-corrected chi connectivity index (χ2v) is 16.6. The average Bonchev–Trinajstić information content (AvgIpc) is 3.83. The van der Waals surface area contributed by atoms with Crippen molar-refractivity contribution in [2.75, 3.05) is 0 Å². The summed E-state index contributed by atoms with van der Waals surface area (Å²) in [5, 5.41) is 0. The molecule has 9 aromatic carbocycles. The van der Waals surface area contributed by atoms with Crippen LogP contribution in [-0.4, -0.2) is 15.0 Å². The topological polar surface area (TPSA) is 38.7 Å². The first-order valence-corrected chi connectivity index (χ1v) is 21.4. The molecule has 3 aliphatic carbocycles. The van der Waals surface area contributed by atoms with Gasteiger partial charge in [-0.05, 0) is 84.0 Å². The molecule has 0 bridgehead atoms. The smallest absolute Gasteiger partial charge is 0.164 e. The maximum Gasteiger partial charge on any atom is 0.164 e. The van der Waals surface area contributed by atoms with Crippen LogP contribution in [-0.2, 0) is 10.8 Å². The standard InChI is InChI=1S/C59H37N3/c1-4-19-38(20-5-1)55-60-56(39-21-6-2-7-22-39)62-57(61-55)41-24-16-23-40(37-41)43-29-17-35-51-53(43)46-28-11-13-32-48(46)59(51)50-34-15-14-33-49(50)58(42-25-8-3-9-26-42)47-31-12-10-27-44(47)45-30-18-36-52(59)54(45)58/h1-37H. The largest absolute Gasteiger partial charge is 0.208 e. The van der Waals surface area contributed by atoms with Gasteiger partial charge in [0.25, 0.3) is 0 Å². The lowest BCUT2D eigenvalue weighted by Gasteiger charge is -2.48. The van der Waals surface area contributed by atoms with Crippen molar-refractivity contribution >= 4 is 0 Å². The lowest BCUT2D eigenvalue weighted by molar-refractivity contribution is 0.636. The SMILES string of the molecule is c1ccc(-c2nc(-c3ccccc3)nc(-c3cccc(-c4cccc5c4-c4ccccc4C54c5ccccc5C5(c6ccccc6)c6ccccc6-c6cccc4c65)c3)n2)cc1. The third-order valence-corrected chi connectivity index (χ3v) is 13.6. The van der Waals surface area contributed by atoms with Gasteiger partial charge in [0, 0.05) is 16.7 Å². The molecule has 62 heavy (non-hydrogen) atoms. The van der Waals surface area contributed by atoms with Gasteiger partial charge in [0.05, 0.1) is 10.8 Å². The molecule has 0 N–H and O–H groups in total. The van der Waals surface area contributed by atoms with E-state index < -0.39 is 10.8 Å². The quantitative estimate of drug-likeness (QED) is 0.174. The Labute approximate surface area is 360 Å². The zero-order valence-corrected chi connectivity index (χ0v) is 33.7. The highest BCUT2D eigenvalue weighted by molar-refractivity contribution is 5.99. The molecule has 1 aromatic heterocycles. The van der Waals surface area contributed by atoms with Crippen LogP contribution in [0.25, 0.3) is 67.5 Å². The predicted octanol–water partition coefficient (Wildman–Crippen LogP) is 13.6. The summed E-state index contributed by atoms with van der Waals surface area (Å²) in [5.74, 6) is 1.94. The molecule has 1 spiro atoms. The summed E-state index contributed by atoms with van der Waals surface area (Å²) in [5.41, 5.74) is 19.9. The molecule has 3 heteroatoms. The monoisotopic (exact) mass is 787 g/mol. The lowest BCUT2D eigenvalue weighted by atomic mass is 9.52. The summed E-state index contributed by atoms with van der Waals surface area (Å²) < 4.78 is 0. The van der Waals surface area contributed by atoms with E-state index in [1.807, 2.05) is 36.4 Å². The Morgan fingerprint density at radius 3 is 1.34 bits per heavy atom. The van der Waals surface area contributed by atoms with Gasteiger partial charge in [-0.1, -0.05) is 218 Å². The van der Waals surface area contributed by atoms with Gasteiger partial charge in [0.2, 0.25) is 0 Å². The Morgan fingerprint density at radius 1 is 0.258 bits per heavy atom. The van der Waals surface area contributed by atoms with Crippen LogP contribution >= 0.6 is 0 Å². The molecular formula is C59H37N3. The van der Waals surface area contributed by atoms with Crippen molar-refractivity contribution in [1.82, 2.24) is 15.0 Å². The van der Waals surface area contributed by atoms with Crippen molar-refractivity contribution in [3.05, 3.63) is 269 Å². The van der Waals surface area contributed by atoms with Crippen molar-refractivity contribution in [1.29, 1.82) is 0 Å². The Bertz CT molecular complexity index is 3360. The molecule has 1 heterocycles. The fourth-order valence-corrected chi connectivity index (χ4v) is 11.3. The summed E-state index contributed by atoms with van der Waals surface area (Å²) in [4.78, 5) is 15.2. The van der Waals surface area contributed by atoms with E-state index >= 15 is 0 Å². The fraction of sp³-hybridized carbons (Fsp3) is 0.0339. The van der Waals surface area contributed by atoms with Crippen LogP contribution in [0.2, 0.25) is 0 Å². The first-order valence-electron chi connectivity index (χ1n) is 21.4. The number of nitrogens with zero attached hydrogens (tertiary/aromatic N) is 3. The van der Waals surface area contributed by atoms with Crippen molar-refractivity contribution in [2.45, 2.75) is 10.8 Å². The van der Waals surface area contributed by atoms with Gasteiger partial charge >= 0.3 is 0 Å². The molecule has 0 amide bonds. The van der Waals surface area contributed by atoms with Gasteiger partial charge in [-0.15, -0.1) is 0 Å². The third kappa shape index (κ3) is 4.62. The van der Waals surface area contributed by atoms with Gasteiger partial charge in [0.1, 0.15) is 0 Å². The van der Waals surface area contributed by atoms with E-state index in [1.54, 1.807) is 0 Å².